The van der Waals surface area contributed by atoms with Gasteiger partial charge in [-0.1, -0.05) is 69.7 Å². The summed E-state index contributed by atoms with van der Waals surface area (Å²) in [5.74, 6) is -0.238. The molecule has 0 fully saturated rings. The van der Waals surface area contributed by atoms with Crippen LogP contribution in [0.4, 0.5) is 0 Å². The third-order valence-corrected chi connectivity index (χ3v) is 4.40. The number of rotatable bonds is 5. The van der Waals surface area contributed by atoms with E-state index in [2.05, 4.69) is 31.6 Å². The zero-order chi connectivity index (χ0) is 16.9. The third kappa shape index (κ3) is 3.89. The fraction of sp³-hybridized carbons (Fsp3) is 0.167. The number of nitrogens with zero attached hydrogens (tertiary/aromatic N) is 3. The Balaban J connectivity index is 1.67. The van der Waals surface area contributed by atoms with E-state index in [0.717, 1.165) is 15.6 Å². The number of hydrogen-bond donors (Lipinski definition) is 1. The highest BCUT2D eigenvalue weighted by Gasteiger charge is 2.16. The molecule has 0 saturated carbocycles. The molecule has 2 aromatic carbocycles. The van der Waals surface area contributed by atoms with Gasteiger partial charge < -0.3 is 5.32 Å². The van der Waals surface area contributed by atoms with Crippen LogP contribution in [0.5, 0.6) is 0 Å². The van der Waals surface area contributed by atoms with Crippen molar-refractivity contribution in [3.63, 3.8) is 0 Å². The van der Waals surface area contributed by atoms with Crippen molar-refractivity contribution in [2.75, 3.05) is 0 Å². The zero-order valence-corrected chi connectivity index (χ0v) is 14.8. The molecular formula is C18H17BrN4O. The van der Waals surface area contributed by atoms with Crippen LogP contribution in [-0.4, -0.2) is 20.9 Å². The molecule has 1 N–H and O–H groups in total. The van der Waals surface area contributed by atoms with Crippen LogP contribution in [0.15, 0.2) is 65.3 Å². The number of carbonyl (C=O) groups is 1. The lowest BCUT2D eigenvalue weighted by Gasteiger charge is -2.14. The van der Waals surface area contributed by atoms with Crippen LogP contribution in [0, 0.1) is 0 Å². The second kappa shape index (κ2) is 7.40. The van der Waals surface area contributed by atoms with Crippen molar-refractivity contribution >= 4 is 21.8 Å². The molecule has 24 heavy (non-hydrogen) atoms. The molecule has 3 aromatic rings. The first kappa shape index (κ1) is 16.4. The molecule has 0 aliphatic carbocycles. The number of halogens is 1. The van der Waals surface area contributed by atoms with Crippen molar-refractivity contribution in [3.05, 3.63) is 82.1 Å². The van der Waals surface area contributed by atoms with Crippen molar-refractivity contribution in [2.24, 2.45) is 0 Å². The summed E-state index contributed by atoms with van der Waals surface area (Å²) >= 11 is 3.50. The van der Waals surface area contributed by atoms with E-state index in [0.29, 0.717) is 12.2 Å². The Hall–Kier alpha value is -2.47. The molecule has 1 atom stereocenters. The smallest absolute Gasteiger partial charge is 0.273 e. The van der Waals surface area contributed by atoms with Gasteiger partial charge in [0.25, 0.3) is 5.91 Å². The van der Waals surface area contributed by atoms with E-state index in [-0.39, 0.29) is 11.9 Å². The van der Waals surface area contributed by atoms with Crippen LogP contribution < -0.4 is 5.32 Å². The van der Waals surface area contributed by atoms with E-state index < -0.39 is 0 Å². The highest BCUT2D eigenvalue weighted by molar-refractivity contribution is 9.10. The van der Waals surface area contributed by atoms with Crippen LogP contribution in [0.25, 0.3) is 0 Å². The summed E-state index contributed by atoms with van der Waals surface area (Å²) in [6.07, 6.45) is 1.66. The molecule has 6 heteroatoms. The van der Waals surface area contributed by atoms with Gasteiger partial charge in [-0.3, -0.25) is 4.79 Å². The minimum absolute atomic E-state index is 0.132. The van der Waals surface area contributed by atoms with Crippen LogP contribution in [0.3, 0.4) is 0 Å². The van der Waals surface area contributed by atoms with Gasteiger partial charge in [0, 0.05) is 4.47 Å². The summed E-state index contributed by atoms with van der Waals surface area (Å²) in [5.41, 5.74) is 2.43. The van der Waals surface area contributed by atoms with Crippen molar-refractivity contribution in [1.29, 1.82) is 0 Å². The molecular weight excluding hydrogens is 368 g/mol. The Kier molecular flexibility index (Phi) is 5.05. The van der Waals surface area contributed by atoms with E-state index in [1.165, 1.54) is 0 Å². The number of carbonyl (C=O) groups excluding carboxylic acids is 1. The lowest BCUT2D eigenvalue weighted by Crippen LogP contribution is -2.27. The summed E-state index contributed by atoms with van der Waals surface area (Å²) < 4.78 is 2.62. The maximum absolute atomic E-state index is 12.4. The predicted molar refractivity (Wildman–Crippen MR) is 95.6 cm³/mol. The number of amides is 1. The van der Waals surface area contributed by atoms with Crippen LogP contribution in [0.2, 0.25) is 0 Å². The molecule has 1 amide bonds. The lowest BCUT2D eigenvalue weighted by molar-refractivity contribution is 0.0934. The van der Waals surface area contributed by atoms with Gasteiger partial charge in [0.15, 0.2) is 5.69 Å². The predicted octanol–water partition coefficient (Wildman–Crippen LogP) is 3.58. The van der Waals surface area contributed by atoms with Crippen molar-refractivity contribution in [3.8, 4) is 0 Å². The van der Waals surface area contributed by atoms with E-state index in [1.54, 1.807) is 10.9 Å². The summed E-state index contributed by atoms with van der Waals surface area (Å²) in [6.45, 7) is 2.52. The fourth-order valence-corrected chi connectivity index (χ4v) is 3.05. The Morgan fingerprint density at radius 2 is 1.88 bits per heavy atom. The second-order valence-electron chi connectivity index (χ2n) is 5.50. The minimum atomic E-state index is -0.238. The highest BCUT2D eigenvalue weighted by atomic mass is 79.9. The molecule has 3 rings (SSSR count). The average molecular weight is 385 g/mol. The normalized spacial score (nSPS) is 11.9. The monoisotopic (exact) mass is 384 g/mol. The van der Waals surface area contributed by atoms with E-state index in [1.807, 2.05) is 61.5 Å². The van der Waals surface area contributed by atoms with Gasteiger partial charge in [0.2, 0.25) is 0 Å². The summed E-state index contributed by atoms with van der Waals surface area (Å²) in [6, 6.07) is 17.6. The topological polar surface area (TPSA) is 59.8 Å². The van der Waals surface area contributed by atoms with Crippen molar-refractivity contribution in [2.45, 2.75) is 19.5 Å². The zero-order valence-electron chi connectivity index (χ0n) is 13.2. The van der Waals surface area contributed by atoms with Gasteiger partial charge in [-0.2, -0.15) is 0 Å². The van der Waals surface area contributed by atoms with Crippen LogP contribution >= 0.6 is 15.9 Å². The third-order valence-electron chi connectivity index (χ3n) is 3.68. The minimum Gasteiger partial charge on any atom is -0.344 e. The van der Waals surface area contributed by atoms with Gasteiger partial charge >= 0.3 is 0 Å². The quantitative estimate of drug-likeness (QED) is 0.731. The number of aromatic nitrogens is 3. The van der Waals surface area contributed by atoms with Gasteiger partial charge in [-0.05, 0) is 24.1 Å². The molecule has 1 heterocycles. The highest BCUT2D eigenvalue weighted by Crippen LogP contribution is 2.22. The largest absolute Gasteiger partial charge is 0.344 e. The standard InChI is InChI=1S/C18H17BrN4O/c1-13(15-9-5-6-10-16(15)19)20-18(24)17-12-23(22-21-17)11-14-7-3-2-4-8-14/h2-10,12-13H,11H2,1H3,(H,20,24). The molecule has 0 bridgehead atoms. The maximum Gasteiger partial charge on any atom is 0.273 e. The first-order valence-electron chi connectivity index (χ1n) is 7.63. The summed E-state index contributed by atoms with van der Waals surface area (Å²) in [5, 5.41) is 10.9. The Morgan fingerprint density at radius 3 is 2.62 bits per heavy atom. The average Bonchev–Trinajstić information content (AvgIpc) is 3.04. The molecule has 0 saturated heterocycles. The van der Waals surface area contributed by atoms with Crippen molar-refractivity contribution in [1.82, 2.24) is 20.3 Å². The van der Waals surface area contributed by atoms with Gasteiger partial charge in [0.05, 0.1) is 18.8 Å². The molecule has 0 spiro atoms. The van der Waals surface area contributed by atoms with Gasteiger partial charge in [-0.25, -0.2) is 4.68 Å². The number of nitrogens with one attached hydrogen (secondary N) is 1. The number of benzene rings is 2. The molecule has 0 aliphatic heterocycles. The molecule has 0 radical (unpaired) electrons. The van der Waals surface area contributed by atoms with E-state index >= 15 is 0 Å². The SMILES string of the molecule is CC(NC(=O)c1cn(Cc2ccccc2)nn1)c1ccccc1Br. The number of hydrogen-bond acceptors (Lipinski definition) is 3. The molecule has 1 aromatic heterocycles. The summed E-state index contributed by atoms with van der Waals surface area (Å²) in [7, 11) is 0. The first-order valence-corrected chi connectivity index (χ1v) is 8.42. The van der Waals surface area contributed by atoms with Crippen LogP contribution in [0.1, 0.15) is 34.6 Å². The summed E-state index contributed by atoms with van der Waals surface area (Å²) in [4.78, 5) is 12.4. The Bertz CT molecular complexity index is 832. The molecule has 1 unspecified atom stereocenters. The van der Waals surface area contributed by atoms with Gasteiger partial charge in [-0.15, -0.1) is 5.10 Å². The molecule has 0 aliphatic rings. The second-order valence-corrected chi connectivity index (χ2v) is 6.36. The maximum atomic E-state index is 12.4. The fourth-order valence-electron chi connectivity index (χ4n) is 2.42. The van der Waals surface area contributed by atoms with Crippen molar-refractivity contribution < 1.29 is 4.79 Å². The molecule has 122 valence electrons. The first-order chi connectivity index (χ1) is 11.6. The molecule has 5 nitrogen and oxygen atoms in total. The van der Waals surface area contributed by atoms with Crippen LogP contribution in [-0.2, 0) is 6.54 Å². The lowest BCUT2D eigenvalue weighted by atomic mass is 10.1. The van der Waals surface area contributed by atoms with E-state index in [4.69, 9.17) is 0 Å². The Morgan fingerprint density at radius 1 is 1.17 bits per heavy atom. The van der Waals surface area contributed by atoms with Gasteiger partial charge in [0.1, 0.15) is 0 Å². The Labute approximate surface area is 148 Å². The van der Waals surface area contributed by atoms with E-state index in [9.17, 15) is 4.79 Å².